The fourth-order valence-electron chi connectivity index (χ4n) is 3.81. The van der Waals surface area contributed by atoms with Crippen molar-refractivity contribution in [1.82, 2.24) is 0 Å². The maximum atomic E-state index is 13.1. The summed E-state index contributed by atoms with van der Waals surface area (Å²) < 4.78 is 17.2. The maximum absolute atomic E-state index is 13.1. The molecule has 0 aliphatic carbocycles. The van der Waals surface area contributed by atoms with Crippen LogP contribution in [0, 0.1) is 3.57 Å². The summed E-state index contributed by atoms with van der Waals surface area (Å²) in [5, 5.41) is 17.4. The lowest BCUT2D eigenvalue weighted by molar-refractivity contribution is -0.118. The number of carbonyl (C=O) groups excluding carboxylic acids is 2. The Hall–Kier alpha value is -4.39. The van der Waals surface area contributed by atoms with Crippen LogP contribution in [-0.2, 0) is 9.59 Å². The molecule has 0 fully saturated rings. The van der Waals surface area contributed by atoms with E-state index in [0.717, 1.165) is 0 Å². The molecule has 10 nitrogen and oxygen atoms in total. The third-order valence-electron chi connectivity index (χ3n) is 5.71. The van der Waals surface area contributed by atoms with E-state index in [1.54, 1.807) is 49.4 Å². The second-order valence-electron chi connectivity index (χ2n) is 8.28. The first kappa shape index (κ1) is 27.6. The van der Waals surface area contributed by atoms with Crippen molar-refractivity contribution in [1.29, 1.82) is 0 Å². The number of hydrogen-bond donors (Lipinski definition) is 2. The van der Waals surface area contributed by atoms with E-state index in [1.807, 2.05) is 0 Å². The highest BCUT2D eigenvalue weighted by atomic mass is 127. The second kappa shape index (κ2) is 12.0. The van der Waals surface area contributed by atoms with Crippen LogP contribution in [0.2, 0.25) is 0 Å². The van der Waals surface area contributed by atoms with E-state index in [0.29, 0.717) is 49.0 Å². The van der Waals surface area contributed by atoms with Gasteiger partial charge in [0.25, 0.3) is 11.8 Å². The van der Waals surface area contributed by atoms with Gasteiger partial charge in [-0.15, -0.1) is 0 Å². The van der Waals surface area contributed by atoms with E-state index in [4.69, 9.17) is 19.3 Å². The first-order valence-corrected chi connectivity index (χ1v) is 12.7. The number of rotatable bonds is 9. The van der Waals surface area contributed by atoms with Crippen molar-refractivity contribution in [2.45, 2.75) is 6.92 Å². The number of hydrogen-bond acceptors (Lipinski definition) is 7. The number of carboxylic acids is 1. The SMILES string of the molecule is COc1ccccc1NC(=O)COc1c(I)cc(C=C2C(=O)N(c3ccc(C(=O)O)cc3)N=C2C)cc1OC. The normalized spacial score (nSPS) is 13.7. The van der Waals surface area contributed by atoms with E-state index in [1.165, 1.54) is 43.5 Å². The number of benzene rings is 3. The van der Waals surface area contributed by atoms with Gasteiger partial charge >= 0.3 is 5.97 Å². The Morgan fingerprint density at radius 3 is 2.41 bits per heavy atom. The highest BCUT2D eigenvalue weighted by Crippen LogP contribution is 2.35. The quantitative estimate of drug-likeness (QED) is 0.253. The van der Waals surface area contributed by atoms with Gasteiger partial charge in [0.1, 0.15) is 5.75 Å². The molecule has 0 saturated carbocycles. The summed E-state index contributed by atoms with van der Waals surface area (Å²) in [5.74, 6) is -0.464. The summed E-state index contributed by atoms with van der Waals surface area (Å²) in [7, 11) is 3.01. The van der Waals surface area contributed by atoms with Gasteiger partial charge in [0.15, 0.2) is 18.1 Å². The highest BCUT2D eigenvalue weighted by Gasteiger charge is 2.29. The van der Waals surface area contributed by atoms with Gasteiger partial charge in [-0.2, -0.15) is 10.1 Å². The number of carbonyl (C=O) groups is 3. The van der Waals surface area contributed by atoms with E-state index in [2.05, 4.69) is 33.0 Å². The number of nitrogens with zero attached hydrogens (tertiary/aromatic N) is 2. The minimum atomic E-state index is -1.05. The summed E-state index contributed by atoms with van der Waals surface area (Å²) in [6.45, 7) is 1.46. The van der Waals surface area contributed by atoms with E-state index >= 15 is 0 Å². The molecule has 2 N–H and O–H groups in total. The third kappa shape index (κ3) is 6.20. The van der Waals surface area contributed by atoms with Crippen LogP contribution in [0.1, 0.15) is 22.8 Å². The van der Waals surface area contributed by atoms with Crippen LogP contribution in [0.25, 0.3) is 6.08 Å². The Labute approximate surface area is 238 Å². The molecule has 1 aliphatic rings. The Morgan fingerprint density at radius 2 is 1.74 bits per heavy atom. The largest absolute Gasteiger partial charge is 0.495 e. The number of hydrazone groups is 1. The molecule has 1 aliphatic heterocycles. The molecule has 4 rings (SSSR count). The monoisotopic (exact) mass is 641 g/mol. The average Bonchev–Trinajstić information content (AvgIpc) is 3.20. The lowest BCUT2D eigenvalue weighted by atomic mass is 10.1. The number of aromatic carboxylic acids is 1. The van der Waals surface area contributed by atoms with Gasteiger partial charge < -0.3 is 24.6 Å². The molecule has 1 heterocycles. The molecule has 2 amide bonds. The van der Waals surface area contributed by atoms with Crippen LogP contribution in [0.3, 0.4) is 0 Å². The van der Waals surface area contributed by atoms with Gasteiger partial charge in [0.05, 0.1) is 46.0 Å². The number of methoxy groups -OCH3 is 2. The van der Waals surface area contributed by atoms with Crippen molar-refractivity contribution >= 4 is 63.5 Å². The Bertz CT molecular complexity index is 1500. The van der Waals surface area contributed by atoms with Crippen molar-refractivity contribution in [3.8, 4) is 17.2 Å². The van der Waals surface area contributed by atoms with Crippen molar-refractivity contribution in [2.24, 2.45) is 5.10 Å². The molecule has 3 aromatic rings. The molecule has 0 radical (unpaired) electrons. The number of carboxylic acid groups (broad SMARTS) is 1. The van der Waals surface area contributed by atoms with Crippen molar-refractivity contribution in [3.63, 3.8) is 0 Å². The van der Waals surface area contributed by atoms with Crippen molar-refractivity contribution in [3.05, 3.63) is 80.9 Å². The van der Waals surface area contributed by atoms with Crippen LogP contribution in [0.15, 0.2) is 71.3 Å². The molecule has 39 heavy (non-hydrogen) atoms. The predicted molar refractivity (Wildman–Crippen MR) is 155 cm³/mol. The average molecular weight is 641 g/mol. The molecule has 3 aromatic carbocycles. The lowest BCUT2D eigenvalue weighted by Crippen LogP contribution is -2.21. The zero-order chi connectivity index (χ0) is 28.1. The highest BCUT2D eigenvalue weighted by molar-refractivity contribution is 14.1. The number of nitrogens with one attached hydrogen (secondary N) is 1. The van der Waals surface area contributed by atoms with Crippen LogP contribution in [-0.4, -0.2) is 49.4 Å². The van der Waals surface area contributed by atoms with Gasteiger partial charge in [-0.05, 0) is 89.7 Å². The predicted octanol–water partition coefficient (Wildman–Crippen LogP) is 4.83. The number of para-hydroxylation sites is 2. The summed E-state index contributed by atoms with van der Waals surface area (Å²) in [6, 6.07) is 16.5. The minimum Gasteiger partial charge on any atom is -0.495 e. The zero-order valence-corrected chi connectivity index (χ0v) is 23.4. The van der Waals surface area contributed by atoms with Gasteiger partial charge in [0.2, 0.25) is 0 Å². The van der Waals surface area contributed by atoms with Crippen molar-refractivity contribution in [2.75, 3.05) is 31.2 Å². The smallest absolute Gasteiger partial charge is 0.335 e. The second-order valence-corrected chi connectivity index (χ2v) is 9.45. The van der Waals surface area contributed by atoms with Crippen LogP contribution < -0.4 is 24.5 Å². The third-order valence-corrected chi connectivity index (χ3v) is 6.51. The zero-order valence-electron chi connectivity index (χ0n) is 21.2. The molecule has 0 unspecified atom stereocenters. The summed E-state index contributed by atoms with van der Waals surface area (Å²) in [5.41, 5.74) is 2.65. The Balaban J connectivity index is 1.50. The van der Waals surface area contributed by atoms with Gasteiger partial charge in [0, 0.05) is 0 Å². The molecule has 0 spiro atoms. The molecule has 0 saturated heterocycles. The molecular formula is C28H24IN3O7. The van der Waals surface area contributed by atoms with Gasteiger partial charge in [-0.25, -0.2) is 4.79 Å². The molecule has 11 heteroatoms. The molecule has 0 atom stereocenters. The molecule has 200 valence electrons. The van der Waals surface area contributed by atoms with Gasteiger partial charge in [-0.3, -0.25) is 9.59 Å². The van der Waals surface area contributed by atoms with Crippen LogP contribution in [0.4, 0.5) is 11.4 Å². The molecule has 0 aromatic heterocycles. The minimum absolute atomic E-state index is 0.114. The Morgan fingerprint density at radius 1 is 1.05 bits per heavy atom. The molecular weight excluding hydrogens is 617 g/mol. The van der Waals surface area contributed by atoms with E-state index in [-0.39, 0.29) is 24.0 Å². The van der Waals surface area contributed by atoms with Crippen LogP contribution >= 0.6 is 22.6 Å². The Kier molecular flexibility index (Phi) is 8.49. The number of ether oxygens (including phenoxy) is 3. The van der Waals surface area contributed by atoms with Crippen LogP contribution in [0.5, 0.6) is 17.2 Å². The number of halogens is 1. The first-order valence-electron chi connectivity index (χ1n) is 11.6. The summed E-state index contributed by atoms with van der Waals surface area (Å²) in [4.78, 5) is 36.8. The molecule has 0 bridgehead atoms. The van der Waals surface area contributed by atoms with Gasteiger partial charge in [-0.1, -0.05) is 12.1 Å². The van der Waals surface area contributed by atoms with Crippen molar-refractivity contribution < 1.29 is 33.7 Å². The van der Waals surface area contributed by atoms with E-state index in [9.17, 15) is 14.4 Å². The maximum Gasteiger partial charge on any atom is 0.335 e. The van der Waals surface area contributed by atoms with E-state index < -0.39 is 5.97 Å². The fourth-order valence-corrected chi connectivity index (χ4v) is 4.59. The summed E-state index contributed by atoms with van der Waals surface area (Å²) in [6.07, 6.45) is 1.69. The topological polar surface area (TPSA) is 127 Å². The summed E-state index contributed by atoms with van der Waals surface area (Å²) >= 11 is 2.08. The number of anilines is 2. The standard InChI is InChI=1S/C28H24IN3O7/c1-16-20(27(34)32(31-16)19-10-8-18(9-11-19)28(35)36)12-17-13-21(29)26(24(14-17)38-3)39-15-25(33)30-22-6-4-5-7-23(22)37-2/h4-14H,15H2,1-3H3,(H,30,33)(H,35,36). The lowest BCUT2D eigenvalue weighted by Gasteiger charge is -2.15. The fraction of sp³-hybridized carbons (Fsp3) is 0.143. The first-order chi connectivity index (χ1) is 18.7. The number of amides is 2.